The molecule has 0 aliphatic rings. The quantitative estimate of drug-likeness (QED) is 0.0918. The minimum atomic E-state index is -0.605. The Hall–Kier alpha value is -3.10. The van der Waals surface area contributed by atoms with E-state index in [1.807, 2.05) is 30.3 Å². The van der Waals surface area contributed by atoms with Crippen LogP contribution in [0.3, 0.4) is 0 Å². The topological polar surface area (TPSA) is 117 Å². The first-order chi connectivity index (χ1) is 20.0. The van der Waals surface area contributed by atoms with Crippen LogP contribution < -0.4 is 5.32 Å². The Morgan fingerprint density at radius 1 is 0.714 bits per heavy atom. The largest absolute Gasteiger partial charge is 0.466 e. The number of carbonyl (C=O) groups is 4. The molecule has 0 bridgehead atoms. The van der Waals surface area contributed by atoms with E-state index in [0.717, 1.165) is 56.9 Å². The molecule has 0 aliphatic heterocycles. The first-order valence-corrected chi connectivity index (χ1v) is 15.5. The van der Waals surface area contributed by atoms with Crippen LogP contribution >= 0.6 is 0 Å². The predicted molar refractivity (Wildman–Crippen MR) is 162 cm³/mol. The minimum absolute atomic E-state index is 0.0431. The molecule has 0 saturated carbocycles. The van der Waals surface area contributed by atoms with Crippen molar-refractivity contribution in [2.24, 2.45) is 5.92 Å². The zero-order chi connectivity index (χ0) is 31.2. The molecule has 0 spiro atoms. The van der Waals surface area contributed by atoms with E-state index in [-0.39, 0.29) is 50.0 Å². The number of hydrogen-bond donors (Lipinski definition) is 1. The molecule has 9 heteroatoms. The number of carbonyl (C=O) groups excluding carboxylic acids is 4. The molecule has 0 saturated heterocycles. The van der Waals surface area contributed by atoms with Gasteiger partial charge >= 0.3 is 24.0 Å². The number of ether oxygens (including phenoxy) is 4. The van der Waals surface area contributed by atoms with Gasteiger partial charge in [0, 0.05) is 6.04 Å². The van der Waals surface area contributed by atoms with E-state index in [1.165, 1.54) is 0 Å². The normalized spacial score (nSPS) is 12.6. The van der Waals surface area contributed by atoms with Crippen molar-refractivity contribution < 1.29 is 38.1 Å². The molecule has 1 rings (SSSR count). The maximum atomic E-state index is 12.7. The third-order valence-corrected chi connectivity index (χ3v) is 6.57. The van der Waals surface area contributed by atoms with Gasteiger partial charge < -0.3 is 24.3 Å². The second-order valence-electron chi connectivity index (χ2n) is 11.6. The van der Waals surface area contributed by atoms with Crippen LogP contribution in [-0.4, -0.2) is 48.9 Å². The predicted octanol–water partition coefficient (Wildman–Crippen LogP) is 7.05. The number of amides is 1. The van der Waals surface area contributed by atoms with E-state index in [1.54, 1.807) is 34.6 Å². The lowest BCUT2D eigenvalue weighted by molar-refractivity contribution is -0.156. The average molecular weight is 592 g/mol. The highest BCUT2D eigenvalue weighted by atomic mass is 16.6. The molecular weight excluding hydrogens is 538 g/mol. The van der Waals surface area contributed by atoms with Crippen LogP contribution in [0.2, 0.25) is 0 Å². The number of nitrogens with one attached hydrogen (secondary N) is 1. The zero-order valence-electron chi connectivity index (χ0n) is 26.4. The van der Waals surface area contributed by atoms with Gasteiger partial charge in [-0.2, -0.15) is 0 Å². The van der Waals surface area contributed by atoms with Gasteiger partial charge in [0.05, 0.1) is 32.0 Å². The molecule has 9 nitrogen and oxygen atoms in total. The van der Waals surface area contributed by atoms with Gasteiger partial charge in [0.15, 0.2) is 0 Å². The van der Waals surface area contributed by atoms with Gasteiger partial charge in [-0.3, -0.25) is 14.4 Å². The molecule has 2 atom stereocenters. The first kappa shape index (κ1) is 36.9. The van der Waals surface area contributed by atoms with Crippen LogP contribution in [-0.2, 0) is 39.9 Å². The fourth-order valence-corrected chi connectivity index (χ4v) is 4.53. The summed E-state index contributed by atoms with van der Waals surface area (Å²) < 4.78 is 20.9. The van der Waals surface area contributed by atoms with Gasteiger partial charge in [0.25, 0.3) is 0 Å². The van der Waals surface area contributed by atoms with Crippen LogP contribution in [0.1, 0.15) is 117 Å². The van der Waals surface area contributed by atoms with Crippen molar-refractivity contribution >= 4 is 24.0 Å². The Morgan fingerprint density at radius 2 is 1.24 bits per heavy atom. The van der Waals surface area contributed by atoms with Gasteiger partial charge in [0.2, 0.25) is 0 Å². The fraction of sp³-hybridized carbons (Fsp3) is 0.697. The van der Waals surface area contributed by atoms with Crippen LogP contribution in [0, 0.1) is 5.92 Å². The Labute approximate surface area is 252 Å². The lowest BCUT2D eigenvalue weighted by Crippen LogP contribution is -2.40. The minimum Gasteiger partial charge on any atom is -0.466 e. The van der Waals surface area contributed by atoms with Crippen molar-refractivity contribution in [2.75, 3.05) is 13.2 Å². The molecule has 2 unspecified atom stereocenters. The molecule has 42 heavy (non-hydrogen) atoms. The summed E-state index contributed by atoms with van der Waals surface area (Å²) in [6.45, 7) is 9.71. The molecule has 0 heterocycles. The van der Waals surface area contributed by atoms with Crippen molar-refractivity contribution in [3.8, 4) is 0 Å². The zero-order valence-corrected chi connectivity index (χ0v) is 26.4. The first-order valence-electron chi connectivity index (χ1n) is 15.5. The summed E-state index contributed by atoms with van der Waals surface area (Å²) in [6.07, 6.45) is 8.94. The molecule has 0 fully saturated rings. The van der Waals surface area contributed by atoms with Crippen LogP contribution in [0.25, 0.3) is 0 Å². The van der Waals surface area contributed by atoms with E-state index in [4.69, 9.17) is 18.9 Å². The number of benzene rings is 1. The van der Waals surface area contributed by atoms with Gasteiger partial charge in [-0.1, -0.05) is 81.7 Å². The van der Waals surface area contributed by atoms with Crippen LogP contribution in [0.15, 0.2) is 30.3 Å². The van der Waals surface area contributed by atoms with Crippen molar-refractivity contribution in [3.05, 3.63) is 35.9 Å². The average Bonchev–Trinajstić information content (AvgIpc) is 2.91. The lowest BCUT2D eigenvalue weighted by atomic mass is 9.97. The van der Waals surface area contributed by atoms with Crippen molar-refractivity contribution in [3.63, 3.8) is 0 Å². The highest BCUT2D eigenvalue weighted by Gasteiger charge is 2.24. The summed E-state index contributed by atoms with van der Waals surface area (Å²) in [5.41, 5.74) is 0.307. The highest BCUT2D eigenvalue weighted by Crippen LogP contribution is 2.19. The van der Waals surface area contributed by atoms with Gasteiger partial charge in [-0.25, -0.2) is 4.79 Å². The molecule has 1 N–H and O–H groups in total. The Bertz CT molecular complexity index is 912. The third kappa shape index (κ3) is 19.1. The second kappa shape index (κ2) is 21.6. The molecule has 1 amide bonds. The number of hydrogen-bond acceptors (Lipinski definition) is 8. The van der Waals surface area contributed by atoms with Crippen LogP contribution in [0.5, 0.6) is 0 Å². The van der Waals surface area contributed by atoms with Crippen LogP contribution in [0.4, 0.5) is 4.79 Å². The maximum Gasteiger partial charge on any atom is 0.407 e. The van der Waals surface area contributed by atoms with E-state index in [0.29, 0.717) is 19.4 Å². The summed E-state index contributed by atoms with van der Waals surface area (Å²) in [5.74, 6) is -1.55. The molecule has 1 aromatic rings. The molecule has 0 aliphatic carbocycles. The van der Waals surface area contributed by atoms with E-state index < -0.39 is 17.6 Å². The standard InChI is InChI=1S/C33H53NO8/c1-6-39-29(35)23-27(31(37)41-25-26-19-15-14-16-20-26)21-17-12-10-8-9-11-13-18-22-28(24-30(36)40-7-2)34-32(38)42-33(3,4)5/h14-16,19-20,27-28H,6-13,17-18,21-25H2,1-5H3,(H,34,38). The number of rotatable bonds is 21. The Morgan fingerprint density at radius 3 is 1.79 bits per heavy atom. The number of alkyl carbamates (subject to hydrolysis) is 1. The van der Waals surface area contributed by atoms with E-state index in [2.05, 4.69) is 5.32 Å². The van der Waals surface area contributed by atoms with Crippen molar-refractivity contribution in [2.45, 2.75) is 130 Å². The lowest BCUT2D eigenvalue weighted by Gasteiger charge is -2.23. The van der Waals surface area contributed by atoms with Gasteiger partial charge in [0.1, 0.15) is 12.2 Å². The maximum absolute atomic E-state index is 12.7. The summed E-state index contributed by atoms with van der Waals surface area (Å²) in [4.78, 5) is 48.9. The summed E-state index contributed by atoms with van der Waals surface area (Å²) in [7, 11) is 0. The number of unbranched alkanes of at least 4 members (excludes halogenated alkanes) is 7. The molecule has 0 aromatic heterocycles. The van der Waals surface area contributed by atoms with E-state index in [9.17, 15) is 19.2 Å². The third-order valence-electron chi connectivity index (χ3n) is 6.57. The molecule has 0 radical (unpaired) electrons. The smallest absolute Gasteiger partial charge is 0.407 e. The molecule has 238 valence electrons. The van der Waals surface area contributed by atoms with Crippen molar-refractivity contribution in [1.82, 2.24) is 5.32 Å². The Balaban J connectivity index is 2.32. The summed E-state index contributed by atoms with van der Waals surface area (Å²) in [6, 6.07) is 9.18. The highest BCUT2D eigenvalue weighted by molar-refractivity contribution is 5.80. The SMILES string of the molecule is CCOC(=O)CC(CCCCCCCCCCC(CC(=O)OCC)C(=O)OCc1ccccc1)NC(=O)OC(C)(C)C. The summed E-state index contributed by atoms with van der Waals surface area (Å²) >= 11 is 0. The second-order valence-corrected chi connectivity index (χ2v) is 11.6. The molecular formula is C33H53NO8. The monoisotopic (exact) mass is 591 g/mol. The molecule has 1 aromatic carbocycles. The van der Waals surface area contributed by atoms with Crippen molar-refractivity contribution in [1.29, 1.82) is 0 Å². The number of esters is 3. The Kier molecular flexibility index (Phi) is 19.0. The van der Waals surface area contributed by atoms with Gasteiger partial charge in [-0.05, 0) is 53.0 Å². The van der Waals surface area contributed by atoms with E-state index >= 15 is 0 Å². The van der Waals surface area contributed by atoms with Gasteiger partial charge in [-0.15, -0.1) is 0 Å². The fourth-order valence-electron chi connectivity index (χ4n) is 4.53. The summed E-state index contributed by atoms with van der Waals surface area (Å²) in [5, 5.41) is 2.82.